The van der Waals surface area contributed by atoms with Gasteiger partial charge in [-0.1, -0.05) is 128 Å². The van der Waals surface area contributed by atoms with Crippen molar-refractivity contribution in [2.75, 3.05) is 99.4 Å². The molecule has 2 aliphatic rings. The molecule has 2 aliphatic carbocycles. The van der Waals surface area contributed by atoms with Crippen LogP contribution < -0.4 is 21.3 Å². The Morgan fingerprint density at radius 1 is 0.442 bits per heavy atom. The second-order valence-corrected chi connectivity index (χ2v) is 25.9. The van der Waals surface area contributed by atoms with E-state index in [1.54, 1.807) is 19.2 Å². The molecule has 0 aromatic heterocycles. The van der Waals surface area contributed by atoms with Crippen molar-refractivity contribution in [2.45, 2.75) is 161 Å². The third-order valence-corrected chi connectivity index (χ3v) is 17.1. The van der Waals surface area contributed by atoms with Crippen molar-refractivity contribution >= 4 is 46.9 Å². The first-order chi connectivity index (χ1) is 41.1. The molecule has 4 amide bonds. The number of unbranched alkanes of at least 4 members (excludes halogenated alkanes) is 1. The summed E-state index contributed by atoms with van der Waals surface area (Å²) in [5.41, 5.74) is 14.1. The number of hydrogen-bond donors (Lipinski definition) is 4. The van der Waals surface area contributed by atoms with Gasteiger partial charge in [0.25, 0.3) is 11.8 Å². The van der Waals surface area contributed by atoms with E-state index < -0.39 is 6.04 Å². The van der Waals surface area contributed by atoms with Crippen molar-refractivity contribution in [1.29, 1.82) is 0 Å². The zero-order valence-electron chi connectivity index (χ0n) is 53.9. The van der Waals surface area contributed by atoms with Gasteiger partial charge >= 0.3 is 0 Å². The number of methoxy groups -OCH3 is 1. The van der Waals surface area contributed by atoms with Crippen LogP contribution in [0.25, 0.3) is 23.3 Å². The van der Waals surface area contributed by atoms with Crippen molar-refractivity contribution in [3.63, 3.8) is 0 Å². The van der Waals surface area contributed by atoms with E-state index in [4.69, 9.17) is 28.4 Å². The van der Waals surface area contributed by atoms with E-state index in [1.807, 2.05) is 36.4 Å². The molecule has 0 unspecified atom stereocenters. The summed E-state index contributed by atoms with van der Waals surface area (Å²) in [6, 6.07) is 28.2. The van der Waals surface area contributed by atoms with Crippen LogP contribution in [0.4, 0.5) is 0 Å². The lowest BCUT2D eigenvalue weighted by atomic mass is 9.63. The van der Waals surface area contributed by atoms with Gasteiger partial charge in [-0.3, -0.25) is 19.2 Å². The fourth-order valence-corrected chi connectivity index (χ4v) is 11.3. The number of ether oxygens (including phenoxy) is 6. The van der Waals surface area contributed by atoms with E-state index in [1.165, 1.54) is 58.2 Å². The molecule has 0 saturated heterocycles. The Hall–Kier alpha value is -6.00. The second-order valence-electron chi connectivity index (χ2n) is 25.9. The first-order valence-electron chi connectivity index (χ1n) is 31.5. The van der Waals surface area contributed by atoms with Crippen molar-refractivity contribution in [2.24, 2.45) is 0 Å². The Morgan fingerprint density at radius 3 is 1.31 bits per heavy atom. The van der Waals surface area contributed by atoms with Gasteiger partial charge in [0, 0.05) is 57.5 Å². The molecule has 86 heavy (non-hydrogen) atoms. The Kier molecular flexibility index (Phi) is 27.3. The van der Waals surface area contributed by atoms with Gasteiger partial charge in [-0.15, -0.1) is 0 Å². The average Bonchev–Trinajstić information content (AvgIpc) is 0.823. The van der Waals surface area contributed by atoms with Crippen LogP contribution in [0.5, 0.6) is 0 Å². The molecule has 0 radical (unpaired) electrons. The van der Waals surface area contributed by atoms with Crippen LogP contribution in [0.3, 0.4) is 0 Å². The molecule has 14 nitrogen and oxygen atoms in total. The molecule has 0 fully saturated rings. The van der Waals surface area contributed by atoms with Crippen molar-refractivity contribution in [3.05, 3.63) is 141 Å². The predicted molar refractivity (Wildman–Crippen MR) is 347 cm³/mol. The normalized spacial score (nSPS) is 16.1. The van der Waals surface area contributed by atoms with E-state index in [2.05, 4.69) is 139 Å². The highest BCUT2D eigenvalue weighted by Gasteiger charge is 2.38. The van der Waals surface area contributed by atoms with Gasteiger partial charge in [-0.2, -0.15) is 0 Å². The van der Waals surface area contributed by atoms with Gasteiger partial charge in [0.15, 0.2) is 0 Å². The Bertz CT molecular complexity index is 2870. The molecule has 0 aliphatic heterocycles. The number of allylic oxidation sites excluding steroid dienone is 2. The van der Waals surface area contributed by atoms with Gasteiger partial charge < -0.3 is 49.7 Å². The highest BCUT2D eigenvalue weighted by molar-refractivity contribution is 5.98. The van der Waals surface area contributed by atoms with E-state index in [0.29, 0.717) is 142 Å². The quantitative estimate of drug-likeness (QED) is 0.0254. The van der Waals surface area contributed by atoms with Crippen molar-refractivity contribution in [3.8, 4) is 0 Å². The molecule has 4 aromatic rings. The van der Waals surface area contributed by atoms with Crippen molar-refractivity contribution < 1.29 is 47.6 Å². The summed E-state index contributed by atoms with van der Waals surface area (Å²) >= 11 is 0. The van der Waals surface area contributed by atoms with Crippen LogP contribution in [0.2, 0.25) is 0 Å². The maximum Gasteiger partial charge on any atom is 0.251 e. The standard InChI is InChI=1S/C72H102N4O10/c1-52(58-25-27-60-62(50-58)71(7,8)32-30-69(60,3)4)48-54-17-21-56(22-18-54)66(78)74-34-13-12-16-64(68(80)75-36-15-38-83-43-46-86-45-42-82-37-14-35-73-65(77)29-39-84-44-47-85-41-40-81-11)76-67(79)57-23-19-55(20-24-57)49-53(2)59-26-28-61-63(51-59)72(9,10)33-31-70(61,5)6/h17-28,48-51,64H,12-16,29-47H2,1-11H3,(H,73,77)(H,74,78)(H,75,80)(H,76,79)/b52-48+,53-49+/t64-/m1/s1. The van der Waals surface area contributed by atoms with Crippen LogP contribution in [0.1, 0.15) is 199 Å². The molecule has 0 spiro atoms. The summed E-state index contributed by atoms with van der Waals surface area (Å²) in [5.74, 6) is -0.826. The topological polar surface area (TPSA) is 172 Å². The number of benzene rings is 4. The molecule has 4 N–H and O–H groups in total. The number of fused-ring (bicyclic) bond motifs is 2. The van der Waals surface area contributed by atoms with Crippen LogP contribution >= 0.6 is 0 Å². The van der Waals surface area contributed by atoms with E-state index in [-0.39, 0.29) is 45.3 Å². The van der Waals surface area contributed by atoms with Crippen molar-refractivity contribution in [1.82, 2.24) is 21.3 Å². The molecular weight excluding hydrogens is 1080 g/mol. The number of hydrogen-bond acceptors (Lipinski definition) is 10. The summed E-state index contributed by atoms with van der Waals surface area (Å²) in [6.07, 6.45) is 12.2. The van der Waals surface area contributed by atoms with Crippen LogP contribution in [0, 0.1) is 0 Å². The van der Waals surface area contributed by atoms with Gasteiger partial charge in [-0.25, -0.2) is 0 Å². The zero-order chi connectivity index (χ0) is 62.2. The molecule has 0 bridgehead atoms. The molecule has 4 aromatic carbocycles. The van der Waals surface area contributed by atoms with Crippen LogP contribution in [0.15, 0.2) is 84.9 Å². The predicted octanol–water partition coefficient (Wildman–Crippen LogP) is 12.3. The van der Waals surface area contributed by atoms with Gasteiger partial charge in [0.1, 0.15) is 6.04 Å². The summed E-state index contributed by atoms with van der Waals surface area (Å²) in [7, 11) is 1.62. The fourth-order valence-electron chi connectivity index (χ4n) is 11.3. The number of carbonyl (C=O) groups excluding carboxylic acids is 4. The Balaban J connectivity index is 0.932. The van der Waals surface area contributed by atoms with Crippen LogP contribution in [-0.4, -0.2) is 129 Å². The minimum atomic E-state index is -0.787. The Labute approximate surface area is 514 Å². The lowest BCUT2D eigenvalue weighted by Gasteiger charge is -2.42. The highest BCUT2D eigenvalue weighted by atomic mass is 16.5. The largest absolute Gasteiger partial charge is 0.382 e. The summed E-state index contributed by atoms with van der Waals surface area (Å²) in [5, 5.41) is 11.9. The lowest BCUT2D eigenvalue weighted by Crippen LogP contribution is -2.47. The SMILES string of the molecule is COCCOCCOCCC(=O)NCCCOCCOCCOCCCNC(=O)[C@@H](CCCCNC(=O)c1ccc(/C=C(\C)c2ccc3c(c2)C(C)(C)CCC3(C)C)cc1)NC(=O)c1ccc(/C=C(\C)c2ccc3c(c2)C(C)(C)CCC3(C)C)cc1. The first kappa shape index (κ1) is 69.1. The molecule has 0 heterocycles. The minimum Gasteiger partial charge on any atom is -0.382 e. The zero-order valence-corrected chi connectivity index (χ0v) is 53.9. The summed E-state index contributed by atoms with van der Waals surface area (Å²) < 4.78 is 32.7. The lowest BCUT2D eigenvalue weighted by molar-refractivity contribution is -0.123. The molecular formula is C72H102N4O10. The summed E-state index contributed by atoms with van der Waals surface area (Å²) in [6.45, 7) is 29.3. The smallest absolute Gasteiger partial charge is 0.251 e. The monoisotopic (exact) mass is 1180 g/mol. The van der Waals surface area contributed by atoms with Gasteiger partial charge in [-0.05, 0) is 173 Å². The fraction of sp³-hybridized carbons (Fsp3) is 0.556. The third-order valence-electron chi connectivity index (χ3n) is 17.1. The molecule has 6 rings (SSSR count). The second kappa shape index (κ2) is 33.9. The number of carbonyl (C=O) groups is 4. The number of amides is 4. The van der Waals surface area contributed by atoms with Gasteiger partial charge in [0.2, 0.25) is 11.8 Å². The molecule has 470 valence electrons. The third kappa shape index (κ3) is 21.7. The van der Waals surface area contributed by atoms with E-state index in [0.717, 1.165) is 23.1 Å². The molecule has 0 saturated carbocycles. The number of nitrogens with one attached hydrogen (secondary N) is 4. The molecule has 14 heteroatoms. The first-order valence-corrected chi connectivity index (χ1v) is 31.5. The van der Waals surface area contributed by atoms with E-state index in [9.17, 15) is 19.2 Å². The summed E-state index contributed by atoms with van der Waals surface area (Å²) in [4.78, 5) is 52.9. The van der Waals surface area contributed by atoms with Crippen LogP contribution in [-0.2, 0) is 59.7 Å². The molecule has 1 atom stereocenters. The van der Waals surface area contributed by atoms with Gasteiger partial charge in [0.05, 0.1) is 59.5 Å². The number of rotatable bonds is 36. The minimum absolute atomic E-state index is 0.0613. The maximum absolute atomic E-state index is 13.8. The van der Waals surface area contributed by atoms with E-state index >= 15 is 0 Å². The maximum atomic E-state index is 13.8. The Morgan fingerprint density at radius 2 is 0.837 bits per heavy atom. The highest BCUT2D eigenvalue weighted by Crippen LogP contribution is 2.48. The average molecular weight is 1180 g/mol.